The number of hydrogen-bond acceptors (Lipinski definition) is 5. The number of carbonyl (C=O) groups excluding carboxylic acids is 1. The zero-order valence-corrected chi connectivity index (χ0v) is 13.7. The fraction of sp³-hybridized carbons (Fsp3) is 0.467. The van der Waals surface area contributed by atoms with Crippen molar-refractivity contribution in [1.29, 1.82) is 5.26 Å². The Morgan fingerprint density at radius 2 is 2.17 bits per heavy atom. The largest absolute Gasteiger partial charge is 0.760 e. The molecule has 1 fully saturated rings. The Hall–Kier alpha value is -1.86. The van der Waals surface area contributed by atoms with E-state index in [0.29, 0.717) is 31.6 Å². The van der Waals surface area contributed by atoms with Crippen LogP contribution in [0.25, 0.3) is 0 Å². The van der Waals surface area contributed by atoms with Gasteiger partial charge in [0.05, 0.1) is 11.5 Å². The van der Waals surface area contributed by atoms with E-state index in [1.165, 1.54) is 12.1 Å². The SMILES string of the molecule is N#CCNC(=O)C1(c2ccc(CNS(=O)[O-])c(F)c2)CCOCC1. The number of nitrogens with zero attached hydrogens (tertiary/aromatic N) is 1. The van der Waals surface area contributed by atoms with Crippen LogP contribution >= 0.6 is 0 Å². The number of nitrogens with one attached hydrogen (secondary N) is 2. The zero-order valence-electron chi connectivity index (χ0n) is 12.8. The van der Waals surface area contributed by atoms with E-state index < -0.39 is 22.5 Å². The lowest BCUT2D eigenvalue weighted by Gasteiger charge is -2.36. The minimum atomic E-state index is -2.48. The Morgan fingerprint density at radius 3 is 2.75 bits per heavy atom. The quantitative estimate of drug-likeness (QED) is 0.567. The van der Waals surface area contributed by atoms with Crippen LogP contribution in [0.15, 0.2) is 18.2 Å². The minimum absolute atomic E-state index is 0.124. The summed E-state index contributed by atoms with van der Waals surface area (Å²) in [7, 11) is 0. The van der Waals surface area contributed by atoms with E-state index in [-0.39, 0.29) is 24.6 Å². The van der Waals surface area contributed by atoms with Gasteiger partial charge in [0.1, 0.15) is 12.4 Å². The molecule has 0 spiro atoms. The molecule has 1 amide bonds. The van der Waals surface area contributed by atoms with Gasteiger partial charge in [-0.25, -0.2) is 9.11 Å². The van der Waals surface area contributed by atoms with Crippen LogP contribution in [0.2, 0.25) is 0 Å². The van der Waals surface area contributed by atoms with Crippen molar-refractivity contribution in [2.24, 2.45) is 0 Å². The average Bonchev–Trinajstić information content (AvgIpc) is 2.58. The lowest BCUT2D eigenvalue weighted by atomic mass is 9.73. The van der Waals surface area contributed by atoms with Crippen molar-refractivity contribution in [3.63, 3.8) is 0 Å². The van der Waals surface area contributed by atoms with Gasteiger partial charge in [-0.2, -0.15) is 5.26 Å². The molecular weight excluding hydrogens is 337 g/mol. The lowest BCUT2D eigenvalue weighted by molar-refractivity contribution is -0.130. The van der Waals surface area contributed by atoms with Gasteiger partial charge in [0.25, 0.3) is 0 Å². The van der Waals surface area contributed by atoms with Crippen LogP contribution in [-0.4, -0.2) is 34.4 Å². The first-order chi connectivity index (χ1) is 11.5. The van der Waals surface area contributed by atoms with Crippen LogP contribution in [0, 0.1) is 17.1 Å². The summed E-state index contributed by atoms with van der Waals surface area (Å²) in [5.74, 6) is -0.928. The van der Waals surface area contributed by atoms with E-state index in [2.05, 4.69) is 10.0 Å². The third-order valence-electron chi connectivity index (χ3n) is 4.10. The van der Waals surface area contributed by atoms with Gasteiger partial charge in [0, 0.05) is 36.6 Å². The maximum atomic E-state index is 14.3. The molecule has 130 valence electrons. The van der Waals surface area contributed by atoms with Gasteiger partial charge in [-0.3, -0.25) is 9.00 Å². The van der Waals surface area contributed by atoms with E-state index in [1.807, 2.05) is 6.07 Å². The molecule has 0 aliphatic carbocycles. The Labute approximate surface area is 141 Å². The molecule has 1 aliphatic heterocycles. The second-order valence-corrected chi connectivity index (χ2v) is 6.16. The summed E-state index contributed by atoms with van der Waals surface area (Å²) in [4.78, 5) is 12.6. The number of benzene rings is 1. The van der Waals surface area contributed by atoms with Gasteiger partial charge in [0.2, 0.25) is 5.91 Å². The predicted molar refractivity (Wildman–Crippen MR) is 82.5 cm³/mol. The summed E-state index contributed by atoms with van der Waals surface area (Å²) in [5, 5.41) is 11.2. The van der Waals surface area contributed by atoms with Crippen molar-refractivity contribution < 1.29 is 22.7 Å². The summed E-state index contributed by atoms with van der Waals surface area (Å²) in [6, 6.07) is 6.18. The first-order valence-electron chi connectivity index (χ1n) is 7.34. The number of amides is 1. The molecule has 1 aliphatic rings. The molecule has 1 unspecified atom stereocenters. The van der Waals surface area contributed by atoms with Crippen molar-refractivity contribution in [2.45, 2.75) is 24.8 Å². The molecule has 0 saturated carbocycles. The molecule has 9 heteroatoms. The molecule has 1 atom stereocenters. The van der Waals surface area contributed by atoms with Crippen molar-refractivity contribution >= 4 is 17.2 Å². The molecule has 24 heavy (non-hydrogen) atoms. The van der Waals surface area contributed by atoms with Crippen LogP contribution in [0.3, 0.4) is 0 Å². The van der Waals surface area contributed by atoms with Crippen LogP contribution < -0.4 is 10.0 Å². The van der Waals surface area contributed by atoms with Crippen LogP contribution in [0.5, 0.6) is 0 Å². The highest BCUT2D eigenvalue weighted by molar-refractivity contribution is 7.77. The van der Waals surface area contributed by atoms with E-state index >= 15 is 0 Å². The summed E-state index contributed by atoms with van der Waals surface area (Å²) in [6.07, 6.45) is 0.762. The van der Waals surface area contributed by atoms with Gasteiger partial charge < -0.3 is 14.6 Å². The highest BCUT2D eigenvalue weighted by Gasteiger charge is 2.41. The molecule has 2 N–H and O–H groups in total. The smallest absolute Gasteiger partial charge is 0.231 e. The normalized spacial score (nSPS) is 17.7. The highest BCUT2D eigenvalue weighted by atomic mass is 32.2. The van der Waals surface area contributed by atoms with E-state index in [1.54, 1.807) is 6.07 Å². The summed E-state index contributed by atoms with van der Waals surface area (Å²) < 4.78 is 42.7. The predicted octanol–water partition coefficient (Wildman–Crippen LogP) is 0.397. The second kappa shape index (κ2) is 8.30. The third-order valence-corrected chi connectivity index (χ3v) is 4.48. The van der Waals surface area contributed by atoms with Gasteiger partial charge in [-0.15, -0.1) is 0 Å². The summed E-state index contributed by atoms with van der Waals surface area (Å²) in [5.41, 5.74) is -0.281. The molecule has 0 aromatic heterocycles. The number of ether oxygens (including phenoxy) is 1. The van der Waals surface area contributed by atoms with Crippen LogP contribution in [-0.2, 0) is 32.8 Å². The maximum absolute atomic E-state index is 14.3. The number of rotatable bonds is 6. The monoisotopic (exact) mass is 354 g/mol. The number of carbonyl (C=O) groups is 1. The highest BCUT2D eigenvalue weighted by Crippen LogP contribution is 2.36. The van der Waals surface area contributed by atoms with Crippen molar-refractivity contribution in [3.05, 3.63) is 35.1 Å². The molecule has 2 rings (SSSR count). The van der Waals surface area contributed by atoms with Crippen molar-refractivity contribution in [1.82, 2.24) is 10.0 Å². The summed E-state index contributed by atoms with van der Waals surface area (Å²) >= 11 is -2.48. The lowest BCUT2D eigenvalue weighted by Crippen LogP contribution is -2.48. The van der Waals surface area contributed by atoms with Crippen molar-refractivity contribution in [3.8, 4) is 6.07 Å². The molecule has 1 saturated heterocycles. The fourth-order valence-electron chi connectivity index (χ4n) is 2.78. The Balaban J connectivity index is 2.29. The van der Waals surface area contributed by atoms with Crippen LogP contribution in [0.1, 0.15) is 24.0 Å². The number of hydrogen-bond donors (Lipinski definition) is 2. The van der Waals surface area contributed by atoms with Crippen molar-refractivity contribution in [2.75, 3.05) is 19.8 Å². The fourth-order valence-corrected chi connectivity index (χ4v) is 3.05. The Kier molecular flexibility index (Phi) is 6.39. The third kappa shape index (κ3) is 4.15. The second-order valence-electron chi connectivity index (χ2n) is 5.40. The molecule has 1 aromatic rings. The standard InChI is InChI=1S/C15H18FN3O4S/c16-13-9-12(2-1-11(13)10-19-24(21)22)15(3-7-23-8-4-15)14(20)18-6-5-17/h1-2,9,19H,3-4,6-8,10H2,(H,18,20)(H,21,22)/p-1. The molecule has 7 nitrogen and oxygen atoms in total. The van der Waals surface area contributed by atoms with Gasteiger partial charge in [0.15, 0.2) is 0 Å². The molecule has 1 heterocycles. The Morgan fingerprint density at radius 1 is 1.46 bits per heavy atom. The average molecular weight is 354 g/mol. The molecule has 0 bridgehead atoms. The Bertz CT molecular complexity index is 671. The van der Waals surface area contributed by atoms with Crippen LogP contribution in [0.4, 0.5) is 4.39 Å². The minimum Gasteiger partial charge on any atom is -0.760 e. The first-order valence-corrected chi connectivity index (χ1v) is 8.42. The van der Waals surface area contributed by atoms with Gasteiger partial charge >= 0.3 is 0 Å². The zero-order chi connectivity index (χ0) is 17.6. The first kappa shape index (κ1) is 18.5. The van der Waals surface area contributed by atoms with Gasteiger partial charge in [-0.05, 0) is 24.5 Å². The molecule has 1 aromatic carbocycles. The van der Waals surface area contributed by atoms with E-state index in [4.69, 9.17) is 10.00 Å². The maximum Gasteiger partial charge on any atom is 0.231 e. The topological polar surface area (TPSA) is 114 Å². The van der Waals surface area contributed by atoms with Gasteiger partial charge in [-0.1, -0.05) is 12.1 Å². The van der Waals surface area contributed by atoms with E-state index in [0.717, 1.165) is 0 Å². The number of nitriles is 1. The molecular formula is C15H17FN3O4S-. The summed E-state index contributed by atoms with van der Waals surface area (Å²) in [6.45, 7) is 0.431. The molecule has 0 radical (unpaired) electrons. The van der Waals surface area contributed by atoms with E-state index in [9.17, 15) is 17.9 Å². The number of halogens is 1.